The molecule has 20 heavy (non-hydrogen) atoms. The van der Waals surface area contributed by atoms with Crippen LogP contribution in [0.15, 0.2) is 22.7 Å². The first kappa shape index (κ1) is 17.0. The molecular weight excluding hydrogens is 322 g/mol. The van der Waals surface area contributed by atoms with Gasteiger partial charge in [-0.05, 0) is 50.1 Å². The predicted molar refractivity (Wildman–Crippen MR) is 82.9 cm³/mol. The predicted octanol–water partition coefficient (Wildman–Crippen LogP) is 3.06. The molecule has 1 aromatic rings. The highest BCUT2D eigenvalue weighted by Gasteiger charge is 2.21. The summed E-state index contributed by atoms with van der Waals surface area (Å²) in [6, 6.07) is 5.67. The van der Waals surface area contributed by atoms with Crippen LogP contribution in [0.2, 0.25) is 0 Å². The average molecular weight is 344 g/mol. The fraction of sp³-hybridized carbons (Fsp3) is 0.533. The molecule has 0 aliphatic rings. The van der Waals surface area contributed by atoms with Crippen LogP contribution in [-0.4, -0.2) is 25.2 Å². The summed E-state index contributed by atoms with van der Waals surface area (Å²) in [5.41, 5.74) is 6.65. The number of carbonyl (C=O) groups excluding carboxylic acids is 1. The number of hydrogen-bond donors (Lipinski definition) is 1. The lowest BCUT2D eigenvalue weighted by atomic mass is 10.1. The average Bonchev–Trinajstić information content (AvgIpc) is 2.42. The van der Waals surface area contributed by atoms with Gasteiger partial charge in [-0.1, -0.05) is 29.3 Å². The van der Waals surface area contributed by atoms with Gasteiger partial charge in [0.15, 0.2) is 6.10 Å². The van der Waals surface area contributed by atoms with Crippen molar-refractivity contribution in [1.29, 1.82) is 0 Å². The molecule has 1 rings (SSSR count). The summed E-state index contributed by atoms with van der Waals surface area (Å²) in [6.45, 7) is 4.73. The number of ether oxygens (including phenoxy) is 2. The van der Waals surface area contributed by atoms with Crippen molar-refractivity contribution < 1.29 is 14.3 Å². The van der Waals surface area contributed by atoms with Crippen LogP contribution in [0.4, 0.5) is 0 Å². The van der Waals surface area contributed by atoms with Gasteiger partial charge in [0.2, 0.25) is 0 Å². The van der Waals surface area contributed by atoms with E-state index in [9.17, 15) is 4.79 Å². The SMILES string of the molecule is CCCC(Oc1ccc(Br)c(CCN)c1)C(=O)OCC. The third-order valence-corrected chi connectivity index (χ3v) is 3.58. The highest BCUT2D eigenvalue weighted by Crippen LogP contribution is 2.24. The van der Waals surface area contributed by atoms with E-state index < -0.39 is 6.10 Å². The van der Waals surface area contributed by atoms with Gasteiger partial charge in [-0.15, -0.1) is 0 Å². The molecule has 0 fully saturated rings. The molecule has 0 spiro atoms. The molecule has 0 saturated carbocycles. The molecule has 1 aromatic carbocycles. The molecule has 0 saturated heterocycles. The molecule has 0 aliphatic carbocycles. The Morgan fingerprint density at radius 2 is 2.15 bits per heavy atom. The summed E-state index contributed by atoms with van der Waals surface area (Å²) < 4.78 is 11.8. The summed E-state index contributed by atoms with van der Waals surface area (Å²) in [6.07, 6.45) is 1.71. The van der Waals surface area contributed by atoms with Crippen molar-refractivity contribution in [3.05, 3.63) is 28.2 Å². The second-order valence-corrected chi connectivity index (χ2v) is 5.29. The molecule has 0 bridgehead atoms. The Morgan fingerprint density at radius 1 is 1.40 bits per heavy atom. The van der Waals surface area contributed by atoms with E-state index >= 15 is 0 Å². The van der Waals surface area contributed by atoms with Crippen molar-refractivity contribution in [3.63, 3.8) is 0 Å². The Bertz CT molecular complexity index is 437. The minimum atomic E-state index is -0.549. The van der Waals surface area contributed by atoms with E-state index in [1.165, 1.54) is 0 Å². The maximum absolute atomic E-state index is 11.8. The smallest absolute Gasteiger partial charge is 0.347 e. The first-order chi connectivity index (χ1) is 9.62. The molecule has 0 heterocycles. The van der Waals surface area contributed by atoms with Crippen molar-refractivity contribution >= 4 is 21.9 Å². The number of esters is 1. The number of halogens is 1. The molecule has 2 N–H and O–H groups in total. The quantitative estimate of drug-likeness (QED) is 0.737. The first-order valence-electron chi connectivity index (χ1n) is 6.94. The van der Waals surface area contributed by atoms with Crippen molar-refractivity contribution in [2.45, 2.75) is 39.2 Å². The number of nitrogens with two attached hydrogens (primary N) is 1. The van der Waals surface area contributed by atoms with Crippen LogP contribution in [0.5, 0.6) is 5.75 Å². The standard InChI is InChI=1S/C15H22BrNO3/c1-3-5-14(15(18)19-4-2)20-12-6-7-13(16)11(10-12)8-9-17/h6-7,10,14H,3-5,8-9,17H2,1-2H3. The lowest BCUT2D eigenvalue weighted by molar-refractivity contribution is -0.151. The van der Waals surface area contributed by atoms with Crippen LogP contribution >= 0.6 is 15.9 Å². The van der Waals surface area contributed by atoms with Gasteiger partial charge in [-0.25, -0.2) is 4.79 Å². The molecular formula is C15H22BrNO3. The number of hydrogen-bond acceptors (Lipinski definition) is 4. The normalized spacial score (nSPS) is 12.0. The maximum atomic E-state index is 11.8. The van der Waals surface area contributed by atoms with Crippen molar-refractivity contribution in [2.75, 3.05) is 13.2 Å². The summed E-state index contributed by atoms with van der Waals surface area (Å²) in [7, 11) is 0. The summed E-state index contributed by atoms with van der Waals surface area (Å²) in [5, 5.41) is 0. The molecule has 5 heteroatoms. The van der Waals surface area contributed by atoms with E-state index in [-0.39, 0.29) is 5.97 Å². The van der Waals surface area contributed by atoms with Gasteiger partial charge in [0, 0.05) is 4.47 Å². The Morgan fingerprint density at radius 3 is 2.75 bits per heavy atom. The zero-order valence-corrected chi connectivity index (χ0v) is 13.6. The molecule has 0 radical (unpaired) electrons. The fourth-order valence-electron chi connectivity index (χ4n) is 1.86. The lowest BCUT2D eigenvalue weighted by Crippen LogP contribution is -2.29. The molecule has 0 amide bonds. The molecule has 0 aliphatic heterocycles. The van der Waals surface area contributed by atoms with E-state index in [4.69, 9.17) is 15.2 Å². The van der Waals surface area contributed by atoms with E-state index in [1.54, 1.807) is 6.92 Å². The van der Waals surface area contributed by atoms with Crippen LogP contribution in [0, 0.1) is 0 Å². The highest BCUT2D eigenvalue weighted by molar-refractivity contribution is 9.10. The Hall–Kier alpha value is -1.07. The monoisotopic (exact) mass is 343 g/mol. The lowest BCUT2D eigenvalue weighted by Gasteiger charge is -2.18. The second kappa shape index (κ2) is 8.97. The number of carbonyl (C=O) groups is 1. The van der Waals surface area contributed by atoms with E-state index in [1.807, 2.05) is 25.1 Å². The van der Waals surface area contributed by atoms with Crippen molar-refractivity contribution in [1.82, 2.24) is 0 Å². The first-order valence-corrected chi connectivity index (χ1v) is 7.73. The van der Waals surface area contributed by atoms with Gasteiger partial charge < -0.3 is 15.2 Å². The van der Waals surface area contributed by atoms with Gasteiger partial charge in [0.05, 0.1) is 6.61 Å². The summed E-state index contributed by atoms with van der Waals surface area (Å²) in [5.74, 6) is 0.362. The fourth-order valence-corrected chi connectivity index (χ4v) is 2.30. The third-order valence-electron chi connectivity index (χ3n) is 2.81. The molecule has 0 aromatic heterocycles. The minimum Gasteiger partial charge on any atom is -0.479 e. The largest absolute Gasteiger partial charge is 0.479 e. The van der Waals surface area contributed by atoms with Gasteiger partial charge >= 0.3 is 5.97 Å². The highest BCUT2D eigenvalue weighted by atomic mass is 79.9. The molecule has 112 valence electrons. The number of benzene rings is 1. The topological polar surface area (TPSA) is 61.5 Å². The van der Waals surface area contributed by atoms with Crippen LogP contribution in [0.25, 0.3) is 0 Å². The van der Waals surface area contributed by atoms with E-state index in [0.29, 0.717) is 25.3 Å². The van der Waals surface area contributed by atoms with Gasteiger partial charge in [0.1, 0.15) is 5.75 Å². The van der Waals surface area contributed by atoms with Crippen molar-refractivity contribution in [2.24, 2.45) is 5.73 Å². The van der Waals surface area contributed by atoms with E-state index in [0.717, 1.165) is 22.9 Å². The van der Waals surface area contributed by atoms with Gasteiger partial charge in [-0.3, -0.25) is 0 Å². The zero-order chi connectivity index (χ0) is 15.0. The Balaban J connectivity index is 2.82. The van der Waals surface area contributed by atoms with Crippen molar-refractivity contribution in [3.8, 4) is 5.75 Å². The minimum absolute atomic E-state index is 0.308. The van der Waals surface area contributed by atoms with Crippen LogP contribution in [0.3, 0.4) is 0 Å². The summed E-state index contributed by atoms with van der Waals surface area (Å²) >= 11 is 3.48. The van der Waals surface area contributed by atoms with Gasteiger partial charge in [0.25, 0.3) is 0 Å². The van der Waals surface area contributed by atoms with Crippen LogP contribution in [0.1, 0.15) is 32.3 Å². The third kappa shape index (κ3) is 5.13. The maximum Gasteiger partial charge on any atom is 0.347 e. The molecule has 4 nitrogen and oxygen atoms in total. The zero-order valence-electron chi connectivity index (χ0n) is 12.0. The Labute approximate surface area is 128 Å². The Kier molecular flexibility index (Phi) is 7.62. The second-order valence-electron chi connectivity index (χ2n) is 4.44. The molecule has 1 unspecified atom stereocenters. The molecule has 1 atom stereocenters. The summed E-state index contributed by atoms with van der Waals surface area (Å²) in [4.78, 5) is 11.8. The van der Waals surface area contributed by atoms with Gasteiger partial charge in [-0.2, -0.15) is 0 Å². The van der Waals surface area contributed by atoms with Crippen LogP contribution in [-0.2, 0) is 16.0 Å². The van der Waals surface area contributed by atoms with E-state index in [2.05, 4.69) is 15.9 Å². The number of rotatable bonds is 8. The van der Waals surface area contributed by atoms with Crippen LogP contribution < -0.4 is 10.5 Å².